The Bertz CT molecular complexity index is 514. The van der Waals surface area contributed by atoms with Gasteiger partial charge in [-0.25, -0.2) is 4.79 Å². The van der Waals surface area contributed by atoms with E-state index in [0.29, 0.717) is 5.56 Å². The summed E-state index contributed by atoms with van der Waals surface area (Å²) in [6.45, 7) is 3.13. The summed E-state index contributed by atoms with van der Waals surface area (Å²) in [5, 5.41) is 2.57. The van der Waals surface area contributed by atoms with Crippen LogP contribution in [0.25, 0.3) is 0 Å². The normalized spacial score (nSPS) is 10.8. The molecule has 6 heteroatoms. The summed E-state index contributed by atoms with van der Waals surface area (Å²) in [6, 6.07) is 8.91. The lowest BCUT2D eigenvalue weighted by Crippen LogP contribution is -2.51. The van der Waals surface area contributed by atoms with E-state index in [1.807, 2.05) is 6.07 Å². The van der Waals surface area contributed by atoms with Crippen molar-refractivity contribution in [1.29, 1.82) is 0 Å². The molecule has 21 heavy (non-hydrogen) atoms. The summed E-state index contributed by atoms with van der Waals surface area (Å²) < 4.78 is 4.60. The van der Waals surface area contributed by atoms with Crippen LogP contribution in [0.2, 0.25) is 0 Å². The van der Waals surface area contributed by atoms with Crippen LogP contribution < -0.4 is 5.32 Å². The van der Waals surface area contributed by atoms with Crippen molar-refractivity contribution in [2.75, 3.05) is 18.6 Å². The molecule has 0 heterocycles. The minimum atomic E-state index is -1.07. The summed E-state index contributed by atoms with van der Waals surface area (Å²) >= 11 is 1.21. The smallest absolute Gasteiger partial charge is 0.330 e. The van der Waals surface area contributed by atoms with Crippen molar-refractivity contribution in [3.8, 4) is 0 Å². The van der Waals surface area contributed by atoms with Gasteiger partial charge in [-0.05, 0) is 13.8 Å². The number of rotatable bonds is 7. The van der Waals surface area contributed by atoms with Crippen molar-refractivity contribution < 1.29 is 19.1 Å². The molecule has 0 unspecified atom stereocenters. The molecule has 0 radical (unpaired) electrons. The molecule has 0 aliphatic carbocycles. The SMILES string of the molecule is COC(=O)C(C)(C)NC(=O)CSCC(=O)c1ccccc1. The van der Waals surface area contributed by atoms with Crippen molar-refractivity contribution >= 4 is 29.4 Å². The number of hydrogen-bond donors (Lipinski definition) is 1. The lowest BCUT2D eigenvalue weighted by atomic mass is 10.1. The summed E-state index contributed by atoms with van der Waals surface area (Å²) in [4.78, 5) is 35.0. The number of esters is 1. The maximum atomic E-state index is 11.8. The average molecular weight is 309 g/mol. The molecule has 0 spiro atoms. The molecule has 1 rings (SSSR count). The lowest BCUT2D eigenvalue weighted by Gasteiger charge is -2.22. The van der Waals surface area contributed by atoms with Crippen molar-refractivity contribution in [2.24, 2.45) is 0 Å². The molecular formula is C15H19NO4S. The van der Waals surface area contributed by atoms with Gasteiger partial charge < -0.3 is 10.1 Å². The standard InChI is InChI=1S/C15H19NO4S/c1-15(2,14(19)20-3)16-13(18)10-21-9-12(17)11-7-5-4-6-8-11/h4-8H,9-10H2,1-3H3,(H,16,18). The van der Waals surface area contributed by atoms with E-state index in [0.717, 1.165) is 0 Å². The van der Waals surface area contributed by atoms with Gasteiger partial charge in [0.05, 0.1) is 18.6 Å². The highest BCUT2D eigenvalue weighted by molar-refractivity contribution is 8.00. The molecule has 0 aliphatic rings. The Morgan fingerprint density at radius 2 is 1.76 bits per heavy atom. The Balaban J connectivity index is 2.37. The van der Waals surface area contributed by atoms with E-state index in [1.165, 1.54) is 18.9 Å². The fourth-order valence-corrected chi connectivity index (χ4v) is 2.35. The van der Waals surface area contributed by atoms with Crippen LogP contribution in [0.5, 0.6) is 0 Å². The van der Waals surface area contributed by atoms with E-state index in [4.69, 9.17) is 0 Å². The van der Waals surface area contributed by atoms with Crippen molar-refractivity contribution in [3.05, 3.63) is 35.9 Å². The summed E-state index contributed by atoms with van der Waals surface area (Å²) in [5.74, 6) is -0.521. The Hall–Kier alpha value is -1.82. The molecule has 5 nitrogen and oxygen atoms in total. The fraction of sp³-hybridized carbons (Fsp3) is 0.400. The number of carbonyl (C=O) groups is 3. The molecule has 114 valence electrons. The minimum absolute atomic E-state index is 0.0272. The van der Waals surface area contributed by atoms with Crippen LogP contribution in [0.15, 0.2) is 30.3 Å². The molecule has 0 atom stereocenters. The molecule has 1 aromatic rings. The summed E-state index contributed by atoms with van der Waals surface area (Å²) in [6.07, 6.45) is 0. The molecule has 1 aromatic carbocycles. The molecule has 0 aromatic heterocycles. The second-order valence-electron chi connectivity index (χ2n) is 4.95. The Kier molecular flexibility index (Phi) is 6.42. The number of ketones is 1. The monoisotopic (exact) mass is 309 g/mol. The highest BCUT2D eigenvalue weighted by Crippen LogP contribution is 2.09. The van der Waals surface area contributed by atoms with Gasteiger partial charge in [-0.15, -0.1) is 11.8 Å². The van der Waals surface area contributed by atoms with Crippen LogP contribution in [0.3, 0.4) is 0 Å². The first-order chi connectivity index (χ1) is 9.86. The number of methoxy groups -OCH3 is 1. The summed E-state index contributed by atoms with van der Waals surface area (Å²) in [5.41, 5.74) is -0.448. The maximum absolute atomic E-state index is 11.8. The zero-order valence-electron chi connectivity index (χ0n) is 12.3. The lowest BCUT2D eigenvalue weighted by molar-refractivity contribution is -0.149. The molecule has 0 fully saturated rings. The number of nitrogens with one attached hydrogen (secondary N) is 1. The Labute approximate surface area is 128 Å². The zero-order valence-corrected chi connectivity index (χ0v) is 13.2. The molecule has 0 saturated heterocycles. The van der Waals surface area contributed by atoms with Crippen molar-refractivity contribution in [3.63, 3.8) is 0 Å². The quantitative estimate of drug-likeness (QED) is 0.613. The van der Waals surface area contributed by atoms with Crippen molar-refractivity contribution in [1.82, 2.24) is 5.32 Å². The van der Waals surface area contributed by atoms with Crippen molar-refractivity contribution in [2.45, 2.75) is 19.4 Å². The number of ether oxygens (including phenoxy) is 1. The van der Waals surface area contributed by atoms with E-state index in [1.54, 1.807) is 38.1 Å². The van der Waals surface area contributed by atoms with E-state index in [-0.39, 0.29) is 23.2 Å². The molecule has 1 amide bonds. The highest BCUT2D eigenvalue weighted by Gasteiger charge is 2.30. The Morgan fingerprint density at radius 1 is 1.14 bits per heavy atom. The van der Waals surface area contributed by atoms with E-state index in [2.05, 4.69) is 10.1 Å². The van der Waals surface area contributed by atoms with Gasteiger partial charge in [-0.2, -0.15) is 0 Å². The topological polar surface area (TPSA) is 72.5 Å². The molecule has 0 saturated carbocycles. The van der Waals surface area contributed by atoms with Gasteiger partial charge in [-0.3, -0.25) is 9.59 Å². The van der Waals surface area contributed by atoms with E-state index >= 15 is 0 Å². The predicted molar refractivity (Wildman–Crippen MR) is 82.3 cm³/mol. The molecule has 1 N–H and O–H groups in total. The Morgan fingerprint density at radius 3 is 2.33 bits per heavy atom. The van der Waals surface area contributed by atoms with E-state index < -0.39 is 11.5 Å². The van der Waals surface area contributed by atoms with Gasteiger partial charge in [0.2, 0.25) is 5.91 Å². The van der Waals surface area contributed by atoms with Gasteiger partial charge in [0.25, 0.3) is 0 Å². The number of thioether (sulfide) groups is 1. The number of benzene rings is 1. The number of Topliss-reactive ketones (excluding diaryl/α,β-unsaturated/α-hetero) is 1. The van der Waals surface area contributed by atoms with Gasteiger partial charge in [0, 0.05) is 5.56 Å². The number of amides is 1. The van der Waals surface area contributed by atoms with Crippen LogP contribution in [-0.4, -0.2) is 41.8 Å². The second kappa shape index (κ2) is 7.83. The third kappa shape index (κ3) is 5.59. The van der Waals surface area contributed by atoms with Gasteiger partial charge in [-0.1, -0.05) is 30.3 Å². The van der Waals surface area contributed by atoms with Crippen LogP contribution in [0.4, 0.5) is 0 Å². The maximum Gasteiger partial charge on any atom is 0.330 e. The number of carbonyl (C=O) groups excluding carboxylic acids is 3. The summed E-state index contributed by atoms with van der Waals surface area (Å²) in [7, 11) is 1.27. The molecular weight excluding hydrogens is 290 g/mol. The first-order valence-electron chi connectivity index (χ1n) is 6.42. The van der Waals surface area contributed by atoms with Gasteiger partial charge in [0.15, 0.2) is 5.78 Å². The third-order valence-electron chi connectivity index (χ3n) is 2.71. The first-order valence-corrected chi connectivity index (χ1v) is 7.57. The first kappa shape index (κ1) is 17.2. The van der Waals surface area contributed by atoms with Crippen LogP contribution >= 0.6 is 11.8 Å². The fourth-order valence-electron chi connectivity index (χ4n) is 1.63. The largest absolute Gasteiger partial charge is 0.467 e. The molecule has 0 bridgehead atoms. The highest BCUT2D eigenvalue weighted by atomic mass is 32.2. The number of hydrogen-bond acceptors (Lipinski definition) is 5. The zero-order chi connectivity index (χ0) is 15.9. The average Bonchev–Trinajstić information content (AvgIpc) is 2.46. The van der Waals surface area contributed by atoms with Crippen LogP contribution in [0.1, 0.15) is 24.2 Å². The second-order valence-corrected chi connectivity index (χ2v) is 5.93. The predicted octanol–water partition coefficient (Wildman–Crippen LogP) is 1.67. The van der Waals surface area contributed by atoms with Crippen LogP contribution in [-0.2, 0) is 14.3 Å². The van der Waals surface area contributed by atoms with Gasteiger partial charge >= 0.3 is 5.97 Å². The third-order valence-corrected chi connectivity index (χ3v) is 3.64. The minimum Gasteiger partial charge on any atom is -0.467 e. The van der Waals surface area contributed by atoms with Gasteiger partial charge in [0.1, 0.15) is 5.54 Å². The van der Waals surface area contributed by atoms with E-state index in [9.17, 15) is 14.4 Å². The van der Waals surface area contributed by atoms with Crippen LogP contribution in [0, 0.1) is 0 Å². The molecule has 0 aliphatic heterocycles.